The second kappa shape index (κ2) is 9.78. The van der Waals surface area contributed by atoms with Crippen molar-refractivity contribution in [3.63, 3.8) is 0 Å². The zero-order chi connectivity index (χ0) is 19.8. The third-order valence-corrected chi connectivity index (χ3v) is 4.46. The molecule has 0 aliphatic carbocycles. The first kappa shape index (κ1) is 20.5. The van der Waals surface area contributed by atoms with Gasteiger partial charge in [0.15, 0.2) is 11.5 Å². The Bertz CT molecular complexity index is 813. The number of carbonyl (C=O) groups is 2. The minimum Gasteiger partial charge on any atom is -0.493 e. The maximum Gasteiger partial charge on any atom is 0.267 e. The van der Waals surface area contributed by atoms with Gasteiger partial charge >= 0.3 is 0 Å². The first-order chi connectivity index (χ1) is 12.9. The average Bonchev–Trinajstić information content (AvgIpc) is 3.17. The lowest BCUT2D eigenvalue weighted by atomic mass is 10.1. The minimum atomic E-state index is -0.404. The van der Waals surface area contributed by atoms with E-state index in [2.05, 4.69) is 10.6 Å². The fraction of sp³-hybridized carbons (Fsp3) is 0.300. The molecule has 2 rings (SSSR count). The molecule has 2 amide bonds. The molecule has 1 heterocycles. The van der Waals surface area contributed by atoms with E-state index in [-0.39, 0.29) is 11.6 Å². The van der Waals surface area contributed by atoms with Gasteiger partial charge < -0.3 is 20.1 Å². The normalized spacial score (nSPS) is 11.2. The van der Waals surface area contributed by atoms with Crippen LogP contribution in [0.15, 0.2) is 41.4 Å². The van der Waals surface area contributed by atoms with E-state index in [1.54, 1.807) is 24.3 Å². The van der Waals surface area contributed by atoms with E-state index in [0.29, 0.717) is 29.5 Å². The van der Waals surface area contributed by atoms with Crippen LogP contribution in [-0.4, -0.2) is 32.6 Å². The zero-order valence-corrected chi connectivity index (χ0v) is 16.7. The molecule has 0 fully saturated rings. The summed E-state index contributed by atoms with van der Waals surface area (Å²) in [6, 6.07) is 8.60. The Labute approximate surface area is 163 Å². The van der Waals surface area contributed by atoms with Crippen molar-refractivity contribution in [3.8, 4) is 11.5 Å². The van der Waals surface area contributed by atoms with E-state index in [0.717, 1.165) is 4.88 Å². The van der Waals surface area contributed by atoms with Gasteiger partial charge in [0.1, 0.15) is 5.70 Å². The van der Waals surface area contributed by atoms with Crippen molar-refractivity contribution in [3.05, 3.63) is 51.8 Å². The summed E-state index contributed by atoms with van der Waals surface area (Å²) in [4.78, 5) is 26.1. The summed E-state index contributed by atoms with van der Waals surface area (Å²) in [7, 11) is 3.03. The quantitative estimate of drug-likeness (QED) is 0.680. The van der Waals surface area contributed by atoms with Gasteiger partial charge in [0.05, 0.1) is 14.2 Å². The molecule has 2 N–H and O–H groups in total. The lowest BCUT2D eigenvalue weighted by molar-refractivity contribution is -0.117. The van der Waals surface area contributed by atoms with E-state index in [9.17, 15) is 9.59 Å². The van der Waals surface area contributed by atoms with Crippen molar-refractivity contribution in [1.29, 1.82) is 0 Å². The number of carbonyl (C=O) groups excluding carboxylic acids is 2. The summed E-state index contributed by atoms with van der Waals surface area (Å²) in [6.45, 7) is 4.53. The molecular weight excluding hydrogens is 364 g/mol. The average molecular weight is 388 g/mol. The lowest BCUT2D eigenvalue weighted by Gasteiger charge is -2.13. The zero-order valence-electron chi connectivity index (χ0n) is 15.9. The van der Waals surface area contributed by atoms with Gasteiger partial charge in [0.25, 0.3) is 11.8 Å². The molecule has 0 radical (unpaired) electrons. The van der Waals surface area contributed by atoms with E-state index >= 15 is 0 Å². The molecule has 1 aromatic carbocycles. The highest BCUT2D eigenvalue weighted by Gasteiger charge is 2.16. The van der Waals surface area contributed by atoms with Gasteiger partial charge in [-0.05, 0) is 41.6 Å². The molecule has 0 aliphatic heterocycles. The summed E-state index contributed by atoms with van der Waals surface area (Å²) < 4.78 is 10.4. The van der Waals surface area contributed by atoms with Crippen molar-refractivity contribution in [2.75, 3.05) is 20.8 Å². The van der Waals surface area contributed by atoms with Gasteiger partial charge in [0, 0.05) is 17.0 Å². The highest BCUT2D eigenvalue weighted by Crippen LogP contribution is 2.27. The Balaban J connectivity index is 2.24. The molecule has 0 aliphatic rings. The number of ether oxygens (including phenoxy) is 2. The molecule has 2 aromatic rings. The fourth-order valence-electron chi connectivity index (χ4n) is 2.24. The van der Waals surface area contributed by atoms with Gasteiger partial charge in [-0.1, -0.05) is 19.9 Å². The third-order valence-electron chi connectivity index (χ3n) is 3.64. The molecule has 144 valence electrons. The van der Waals surface area contributed by atoms with Crippen LogP contribution in [0.25, 0.3) is 6.08 Å². The van der Waals surface area contributed by atoms with Crippen molar-refractivity contribution in [1.82, 2.24) is 10.6 Å². The maximum absolute atomic E-state index is 12.7. The predicted molar refractivity (Wildman–Crippen MR) is 107 cm³/mol. The number of thiophene rings is 1. The number of benzene rings is 1. The summed E-state index contributed by atoms with van der Waals surface area (Å²) in [5.41, 5.74) is 0.555. The second-order valence-corrected chi connectivity index (χ2v) is 7.18. The van der Waals surface area contributed by atoms with Crippen molar-refractivity contribution < 1.29 is 19.1 Å². The number of amides is 2. The Kier molecular flexibility index (Phi) is 7.43. The third kappa shape index (κ3) is 5.86. The molecule has 0 saturated heterocycles. The molecule has 1 aromatic heterocycles. The summed E-state index contributed by atoms with van der Waals surface area (Å²) >= 11 is 1.48. The monoisotopic (exact) mass is 388 g/mol. The van der Waals surface area contributed by atoms with Crippen molar-refractivity contribution in [2.24, 2.45) is 5.92 Å². The van der Waals surface area contributed by atoms with E-state index < -0.39 is 5.91 Å². The van der Waals surface area contributed by atoms with Crippen LogP contribution < -0.4 is 20.1 Å². The number of hydrogen-bond acceptors (Lipinski definition) is 5. The molecule has 7 heteroatoms. The highest BCUT2D eigenvalue weighted by atomic mass is 32.1. The number of methoxy groups -OCH3 is 2. The van der Waals surface area contributed by atoms with Gasteiger partial charge in [0.2, 0.25) is 0 Å². The smallest absolute Gasteiger partial charge is 0.267 e. The van der Waals surface area contributed by atoms with Gasteiger partial charge in [-0.3, -0.25) is 9.59 Å². The molecule has 0 spiro atoms. The van der Waals surface area contributed by atoms with Crippen LogP contribution in [-0.2, 0) is 4.79 Å². The largest absolute Gasteiger partial charge is 0.493 e. The SMILES string of the molecule is COc1ccc(C(=O)N/C(=C\c2cccs2)C(=O)NCC(C)C)cc1OC. The highest BCUT2D eigenvalue weighted by molar-refractivity contribution is 7.10. The van der Waals surface area contributed by atoms with Gasteiger partial charge in [-0.2, -0.15) is 0 Å². The number of rotatable bonds is 8. The second-order valence-electron chi connectivity index (χ2n) is 6.20. The van der Waals surface area contributed by atoms with Crippen LogP contribution in [0.4, 0.5) is 0 Å². The lowest BCUT2D eigenvalue weighted by Crippen LogP contribution is -2.36. The van der Waals surface area contributed by atoms with Crippen LogP contribution in [0.5, 0.6) is 11.5 Å². The van der Waals surface area contributed by atoms with Gasteiger partial charge in [-0.15, -0.1) is 11.3 Å². The number of nitrogens with one attached hydrogen (secondary N) is 2. The molecule has 0 atom stereocenters. The van der Waals surface area contributed by atoms with Crippen LogP contribution in [0, 0.1) is 5.92 Å². The minimum absolute atomic E-state index is 0.192. The predicted octanol–water partition coefficient (Wildman–Crippen LogP) is 3.31. The van der Waals surface area contributed by atoms with Crippen molar-refractivity contribution in [2.45, 2.75) is 13.8 Å². The Morgan fingerprint density at radius 2 is 1.89 bits per heavy atom. The summed E-state index contributed by atoms with van der Waals surface area (Å²) in [5, 5.41) is 7.44. The molecular formula is C20H24N2O4S. The standard InChI is InChI=1S/C20H24N2O4S/c1-13(2)12-21-20(24)16(11-15-6-5-9-27-15)22-19(23)14-7-8-17(25-3)18(10-14)26-4/h5-11,13H,12H2,1-4H3,(H,21,24)(H,22,23)/b16-11-. The summed E-state index contributed by atoms with van der Waals surface area (Å²) in [6.07, 6.45) is 1.67. The van der Waals surface area contributed by atoms with Crippen LogP contribution in [0.2, 0.25) is 0 Å². The topological polar surface area (TPSA) is 76.7 Å². The van der Waals surface area contributed by atoms with E-state index in [1.807, 2.05) is 31.4 Å². The molecule has 0 bridgehead atoms. The van der Waals surface area contributed by atoms with Crippen LogP contribution in [0.1, 0.15) is 29.1 Å². The Hall–Kier alpha value is -2.80. The van der Waals surface area contributed by atoms with Gasteiger partial charge in [-0.25, -0.2) is 0 Å². The van der Waals surface area contributed by atoms with E-state index in [1.165, 1.54) is 25.6 Å². The first-order valence-corrected chi connectivity index (χ1v) is 9.39. The summed E-state index contributed by atoms with van der Waals surface area (Å²) in [5.74, 6) is 0.541. The molecule has 27 heavy (non-hydrogen) atoms. The Morgan fingerprint density at radius 1 is 1.15 bits per heavy atom. The van der Waals surface area contributed by atoms with Crippen LogP contribution in [0.3, 0.4) is 0 Å². The first-order valence-electron chi connectivity index (χ1n) is 8.51. The van der Waals surface area contributed by atoms with Crippen molar-refractivity contribution >= 4 is 29.2 Å². The molecule has 0 unspecified atom stereocenters. The number of hydrogen-bond donors (Lipinski definition) is 2. The van der Waals surface area contributed by atoms with E-state index in [4.69, 9.17) is 9.47 Å². The Morgan fingerprint density at radius 3 is 2.48 bits per heavy atom. The van der Waals surface area contributed by atoms with Crippen LogP contribution >= 0.6 is 11.3 Å². The molecule has 6 nitrogen and oxygen atoms in total. The maximum atomic E-state index is 12.7. The fourth-order valence-corrected chi connectivity index (χ4v) is 2.90. The molecule has 0 saturated carbocycles.